The van der Waals surface area contributed by atoms with Crippen molar-refractivity contribution in [3.05, 3.63) is 34.3 Å². The number of ether oxygens (including phenoxy) is 1. The van der Waals surface area contributed by atoms with Crippen molar-refractivity contribution in [2.75, 3.05) is 18.1 Å². The summed E-state index contributed by atoms with van der Waals surface area (Å²) in [6, 6.07) is 5.69. The number of hydrogen-bond donors (Lipinski definition) is 1. The summed E-state index contributed by atoms with van der Waals surface area (Å²) in [5.41, 5.74) is 1.77. The Hall–Kier alpha value is -2.52. The number of benzene rings is 1. The zero-order valence-electron chi connectivity index (χ0n) is 15.6. The Morgan fingerprint density at radius 3 is 3.00 bits per heavy atom. The van der Waals surface area contributed by atoms with E-state index in [1.807, 2.05) is 37.4 Å². The van der Waals surface area contributed by atoms with Crippen molar-refractivity contribution in [3.8, 4) is 5.75 Å². The second kappa shape index (κ2) is 7.84. The highest BCUT2D eigenvalue weighted by Crippen LogP contribution is 2.34. The van der Waals surface area contributed by atoms with Gasteiger partial charge in [-0.3, -0.25) is 14.5 Å². The molecule has 3 heterocycles. The number of nitrogens with one attached hydrogen (secondary N) is 1. The first-order valence-electron chi connectivity index (χ1n) is 9.06. The van der Waals surface area contributed by atoms with Crippen LogP contribution in [0.4, 0.5) is 5.13 Å². The van der Waals surface area contributed by atoms with Crippen LogP contribution in [0.5, 0.6) is 5.75 Å². The zero-order chi connectivity index (χ0) is 19.7. The Labute approximate surface area is 170 Å². The molecule has 0 aliphatic carbocycles. The number of hydrogen-bond acceptors (Lipinski definition) is 7. The number of carbonyl (C=O) groups excluding carboxylic acids is 2. The predicted octanol–water partition coefficient (Wildman–Crippen LogP) is 3.13. The molecule has 1 saturated heterocycles. The van der Waals surface area contributed by atoms with E-state index in [4.69, 9.17) is 4.74 Å². The van der Waals surface area contributed by atoms with Gasteiger partial charge in [0.25, 0.3) is 0 Å². The third-order valence-electron chi connectivity index (χ3n) is 4.47. The Balaban J connectivity index is 1.43. The molecule has 0 spiro atoms. The molecule has 9 heteroatoms. The summed E-state index contributed by atoms with van der Waals surface area (Å²) in [5.74, 6) is 0.213. The van der Waals surface area contributed by atoms with Crippen LogP contribution in [0.2, 0.25) is 0 Å². The van der Waals surface area contributed by atoms with Crippen molar-refractivity contribution in [2.24, 2.45) is 5.92 Å². The first-order valence-corrected chi connectivity index (χ1v) is 10.8. The average Bonchev–Trinajstić information content (AvgIpc) is 3.37. The fourth-order valence-electron chi connectivity index (χ4n) is 3.12. The smallest absolute Gasteiger partial charge is 0.229 e. The van der Waals surface area contributed by atoms with Gasteiger partial charge in [-0.25, -0.2) is 9.97 Å². The van der Waals surface area contributed by atoms with Crippen LogP contribution in [0.25, 0.3) is 10.2 Å². The van der Waals surface area contributed by atoms with Crippen LogP contribution < -0.4 is 15.0 Å². The lowest BCUT2D eigenvalue weighted by Crippen LogP contribution is -2.32. The van der Waals surface area contributed by atoms with Crippen LogP contribution in [0.15, 0.2) is 23.6 Å². The molecule has 0 saturated carbocycles. The van der Waals surface area contributed by atoms with Gasteiger partial charge in [-0.1, -0.05) is 11.3 Å². The van der Waals surface area contributed by atoms with Gasteiger partial charge in [-0.15, -0.1) is 11.3 Å². The SMILES string of the molecule is CCOc1ccc2nc(N3CC(C(=O)NCc4nc(C)cs4)CC3=O)sc2c1. The minimum absolute atomic E-state index is 0.0747. The van der Waals surface area contributed by atoms with Gasteiger partial charge in [0.05, 0.1) is 29.3 Å². The lowest BCUT2D eigenvalue weighted by atomic mass is 10.1. The first kappa shape index (κ1) is 18.8. The monoisotopic (exact) mass is 416 g/mol. The number of carbonyl (C=O) groups is 2. The number of aryl methyl sites for hydroxylation is 1. The van der Waals surface area contributed by atoms with Gasteiger partial charge in [0, 0.05) is 24.0 Å². The van der Waals surface area contributed by atoms with Crippen LogP contribution in [-0.4, -0.2) is 34.9 Å². The molecule has 1 atom stereocenters. The minimum Gasteiger partial charge on any atom is -0.494 e. The molecule has 1 N–H and O–H groups in total. The molecule has 0 bridgehead atoms. The van der Waals surface area contributed by atoms with E-state index < -0.39 is 0 Å². The topological polar surface area (TPSA) is 84.4 Å². The van der Waals surface area contributed by atoms with E-state index in [0.29, 0.717) is 24.8 Å². The van der Waals surface area contributed by atoms with Gasteiger partial charge in [-0.05, 0) is 32.0 Å². The van der Waals surface area contributed by atoms with Crippen molar-refractivity contribution in [1.29, 1.82) is 0 Å². The number of rotatable bonds is 6. The number of aromatic nitrogens is 2. The predicted molar refractivity (Wildman–Crippen MR) is 110 cm³/mol. The Morgan fingerprint density at radius 2 is 2.25 bits per heavy atom. The summed E-state index contributed by atoms with van der Waals surface area (Å²) in [6.07, 6.45) is 0.197. The molecular weight excluding hydrogens is 396 g/mol. The highest BCUT2D eigenvalue weighted by Gasteiger charge is 2.36. The van der Waals surface area contributed by atoms with Crippen molar-refractivity contribution < 1.29 is 14.3 Å². The fourth-order valence-corrected chi connectivity index (χ4v) is 4.86. The van der Waals surface area contributed by atoms with Gasteiger partial charge < -0.3 is 10.1 Å². The molecule has 1 aliphatic rings. The van der Waals surface area contributed by atoms with E-state index in [-0.39, 0.29) is 24.2 Å². The van der Waals surface area contributed by atoms with Crippen LogP contribution >= 0.6 is 22.7 Å². The van der Waals surface area contributed by atoms with E-state index in [0.717, 1.165) is 26.7 Å². The maximum atomic E-state index is 12.5. The number of anilines is 1. The van der Waals surface area contributed by atoms with Gasteiger partial charge in [-0.2, -0.15) is 0 Å². The molecule has 0 radical (unpaired) electrons. The number of nitrogens with zero attached hydrogens (tertiary/aromatic N) is 3. The average molecular weight is 417 g/mol. The zero-order valence-corrected chi connectivity index (χ0v) is 17.2. The van der Waals surface area contributed by atoms with E-state index in [2.05, 4.69) is 15.3 Å². The molecule has 1 aromatic carbocycles. The molecule has 28 heavy (non-hydrogen) atoms. The van der Waals surface area contributed by atoms with Gasteiger partial charge in [0.1, 0.15) is 10.8 Å². The third-order valence-corrected chi connectivity index (χ3v) is 6.47. The maximum absolute atomic E-state index is 12.5. The second-order valence-electron chi connectivity index (χ2n) is 6.56. The van der Waals surface area contributed by atoms with Crippen LogP contribution in [0, 0.1) is 12.8 Å². The summed E-state index contributed by atoms with van der Waals surface area (Å²) in [4.78, 5) is 35.5. The lowest BCUT2D eigenvalue weighted by Gasteiger charge is -2.12. The van der Waals surface area contributed by atoms with Crippen LogP contribution in [0.3, 0.4) is 0 Å². The van der Waals surface area contributed by atoms with E-state index in [1.165, 1.54) is 22.7 Å². The molecule has 7 nitrogen and oxygen atoms in total. The lowest BCUT2D eigenvalue weighted by molar-refractivity contribution is -0.126. The van der Waals surface area contributed by atoms with Crippen molar-refractivity contribution >= 4 is 49.8 Å². The molecule has 2 aromatic heterocycles. The molecule has 1 unspecified atom stereocenters. The second-order valence-corrected chi connectivity index (χ2v) is 8.52. The summed E-state index contributed by atoms with van der Waals surface area (Å²) < 4.78 is 6.48. The van der Waals surface area contributed by atoms with Crippen molar-refractivity contribution in [2.45, 2.75) is 26.8 Å². The van der Waals surface area contributed by atoms with E-state index in [9.17, 15) is 9.59 Å². The molecule has 1 fully saturated rings. The molecule has 146 valence electrons. The normalized spacial score (nSPS) is 16.7. The van der Waals surface area contributed by atoms with Crippen LogP contribution in [-0.2, 0) is 16.1 Å². The Morgan fingerprint density at radius 1 is 1.39 bits per heavy atom. The van der Waals surface area contributed by atoms with Gasteiger partial charge in [0.15, 0.2) is 5.13 Å². The molecular formula is C19H20N4O3S2. The van der Waals surface area contributed by atoms with Crippen molar-refractivity contribution in [1.82, 2.24) is 15.3 Å². The summed E-state index contributed by atoms with van der Waals surface area (Å²) in [7, 11) is 0. The summed E-state index contributed by atoms with van der Waals surface area (Å²) in [6.45, 7) is 5.19. The Kier molecular flexibility index (Phi) is 5.27. The Bertz CT molecular complexity index is 1030. The third kappa shape index (κ3) is 3.85. The van der Waals surface area contributed by atoms with Gasteiger partial charge in [0.2, 0.25) is 11.8 Å². The highest BCUT2D eigenvalue weighted by atomic mass is 32.1. The molecule has 4 rings (SSSR count). The largest absolute Gasteiger partial charge is 0.494 e. The van der Waals surface area contributed by atoms with Crippen LogP contribution in [0.1, 0.15) is 24.0 Å². The quantitative estimate of drug-likeness (QED) is 0.667. The number of thiazole rings is 2. The number of amides is 2. The van der Waals surface area contributed by atoms with Gasteiger partial charge >= 0.3 is 0 Å². The van der Waals surface area contributed by atoms with E-state index >= 15 is 0 Å². The molecule has 1 aliphatic heterocycles. The number of fused-ring (bicyclic) bond motifs is 1. The summed E-state index contributed by atoms with van der Waals surface area (Å²) in [5, 5.41) is 6.33. The highest BCUT2D eigenvalue weighted by molar-refractivity contribution is 7.22. The van der Waals surface area contributed by atoms with E-state index in [1.54, 1.807) is 4.90 Å². The molecule has 2 amide bonds. The minimum atomic E-state index is -0.375. The fraction of sp³-hybridized carbons (Fsp3) is 0.368. The molecule has 3 aromatic rings. The summed E-state index contributed by atoms with van der Waals surface area (Å²) >= 11 is 2.96. The first-order chi connectivity index (χ1) is 13.5. The maximum Gasteiger partial charge on any atom is 0.229 e. The standard InChI is InChI=1S/C19H20N4O3S2/c1-3-26-13-4-5-14-15(7-13)28-19(22-14)23-9-12(6-17(23)24)18(25)20-8-16-21-11(2)10-27-16/h4-5,7,10,12H,3,6,8-9H2,1-2H3,(H,20,25). The van der Waals surface area contributed by atoms with Crippen molar-refractivity contribution in [3.63, 3.8) is 0 Å².